The van der Waals surface area contributed by atoms with Crippen molar-refractivity contribution in [1.29, 1.82) is 0 Å². The Morgan fingerprint density at radius 2 is 1.80 bits per heavy atom. The van der Waals surface area contributed by atoms with Gasteiger partial charge in [0.05, 0.1) is 16.1 Å². The number of aryl methyl sites for hydroxylation is 1. The van der Waals surface area contributed by atoms with Crippen LogP contribution in [-0.4, -0.2) is 37.4 Å². The molecule has 1 atom stereocenters. The fourth-order valence-electron chi connectivity index (χ4n) is 4.74. The van der Waals surface area contributed by atoms with E-state index in [1.54, 1.807) is 6.07 Å². The molecule has 1 unspecified atom stereocenters. The number of ether oxygens (including phenoxy) is 1. The van der Waals surface area contributed by atoms with Crippen molar-refractivity contribution in [1.82, 2.24) is 4.57 Å². The average Bonchev–Trinajstić information content (AvgIpc) is 3.33. The third-order valence-electron chi connectivity index (χ3n) is 6.43. The third kappa shape index (κ3) is 4.62. The Balaban J connectivity index is 1.51. The fourth-order valence-corrected chi connectivity index (χ4v) is 6.48. The van der Waals surface area contributed by atoms with Gasteiger partial charge in [0.25, 0.3) is 10.0 Å². The minimum absolute atomic E-state index is 0.00457. The Bertz CT molecular complexity index is 1390. The van der Waals surface area contributed by atoms with Crippen LogP contribution < -0.4 is 4.31 Å². The van der Waals surface area contributed by atoms with Crippen LogP contribution >= 0.6 is 0 Å². The largest absolute Gasteiger partial charge is 0.454 e. The predicted molar refractivity (Wildman–Crippen MR) is 135 cm³/mol. The monoisotopic (exact) mass is 494 g/mol. The summed E-state index contributed by atoms with van der Waals surface area (Å²) in [7, 11) is -3.89. The van der Waals surface area contributed by atoms with E-state index in [2.05, 4.69) is 11.5 Å². The van der Waals surface area contributed by atoms with Crippen LogP contribution in [0.2, 0.25) is 0 Å². The van der Waals surface area contributed by atoms with E-state index in [1.807, 2.05) is 45.0 Å². The molecule has 1 aliphatic rings. The molecular weight excluding hydrogens is 464 g/mol. The zero-order valence-electron chi connectivity index (χ0n) is 20.4. The Morgan fingerprint density at radius 3 is 2.54 bits per heavy atom. The number of nitrogens with zero attached hydrogens (tertiary/aromatic N) is 2. The van der Waals surface area contributed by atoms with Crippen molar-refractivity contribution in [3.8, 4) is 0 Å². The quantitative estimate of drug-likeness (QED) is 0.335. The summed E-state index contributed by atoms with van der Waals surface area (Å²) in [6, 6.07) is 14.8. The Kier molecular flexibility index (Phi) is 6.85. The van der Waals surface area contributed by atoms with Gasteiger partial charge in [-0.25, -0.2) is 13.2 Å². The molecule has 3 aromatic rings. The van der Waals surface area contributed by atoms with Gasteiger partial charge >= 0.3 is 5.97 Å². The minimum Gasteiger partial charge on any atom is -0.454 e. The van der Waals surface area contributed by atoms with Gasteiger partial charge in [-0.15, -0.1) is 0 Å². The van der Waals surface area contributed by atoms with Crippen molar-refractivity contribution in [3.63, 3.8) is 0 Å². The number of hydrogen-bond donors (Lipinski definition) is 0. The van der Waals surface area contributed by atoms with Gasteiger partial charge in [-0.3, -0.25) is 9.10 Å². The SMILES string of the molecule is CCCn1c(C)cc(C(=O)COC(=O)c2cccc(S(=O)(=O)N3c4ccccc4CC3C)c2)c1C. The summed E-state index contributed by atoms with van der Waals surface area (Å²) in [6.45, 7) is 8.15. The topological polar surface area (TPSA) is 85.7 Å². The van der Waals surface area contributed by atoms with E-state index in [9.17, 15) is 18.0 Å². The second-order valence-corrected chi connectivity index (χ2v) is 10.8. The average molecular weight is 495 g/mol. The maximum Gasteiger partial charge on any atom is 0.338 e. The first-order chi connectivity index (χ1) is 16.6. The van der Waals surface area contributed by atoms with Crippen molar-refractivity contribution < 1.29 is 22.7 Å². The number of benzene rings is 2. The zero-order chi connectivity index (χ0) is 25.3. The van der Waals surface area contributed by atoms with Crippen molar-refractivity contribution >= 4 is 27.5 Å². The van der Waals surface area contributed by atoms with E-state index >= 15 is 0 Å². The molecule has 0 saturated carbocycles. The molecule has 0 radical (unpaired) electrons. The zero-order valence-corrected chi connectivity index (χ0v) is 21.3. The van der Waals surface area contributed by atoms with E-state index in [4.69, 9.17) is 4.74 Å². The Labute approximate surface area is 206 Å². The molecule has 0 fully saturated rings. The summed E-state index contributed by atoms with van der Waals surface area (Å²) < 4.78 is 35.7. The molecule has 1 aliphatic heterocycles. The second-order valence-electron chi connectivity index (χ2n) is 8.95. The molecular formula is C27H30N2O5S. The normalized spacial score (nSPS) is 15.2. The van der Waals surface area contributed by atoms with Crippen LogP contribution in [0.5, 0.6) is 0 Å². The standard InChI is InChI=1S/C27H30N2O5S/c1-5-13-28-18(2)15-24(20(28)4)26(30)17-34-27(31)22-10-8-11-23(16-22)35(32,33)29-19(3)14-21-9-6-7-12-25(21)29/h6-12,15-16,19H,5,13-14,17H2,1-4H3. The lowest BCUT2D eigenvalue weighted by atomic mass is 10.1. The molecule has 2 heterocycles. The molecule has 1 aromatic heterocycles. The highest BCUT2D eigenvalue weighted by Gasteiger charge is 2.36. The molecule has 4 rings (SSSR count). The number of para-hydroxylation sites is 1. The second kappa shape index (κ2) is 9.70. The molecule has 0 bridgehead atoms. The van der Waals surface area contributed by atoms with Gasteiger partial charge in [0.1, 0.15) is 0 Å². The number of fused-ring (bicyclic) bond motifs is 1. The van der Waals surface area contributed by atoms with Crippen LogP contribution in [0.3, 0.4) is 0 Å². The van der Waals surface area contributed by atoms with Crippen LogP contribution in [0.1, 0.15) is 57.9 Å². The van der Waals surface area contributed by atoms with Crippen LogP contribution in [0.4, 0.5) is 5.69 Å². The minimum atomic E-state index is -3.89. The highest BCUT2D eigenvalue weighted by Crippen LogP contribution is 2.36. The summed E-state index contributed by atoms with van der Waals surface area (Å²) in [5, 5.41) is 0. The Hall–Kier alpha value is -3.39. The first-order valence-electron chi connectivity index (χ1n) is 11.7. The summed E-state index contributed by atoms with van der Waals surface area (Å²) in [5.41, 5.74) is 4.06. The maximum atomic E-state index is 13.5. The first-order valence-corrected chi connectivity index (χ1v) is 13.2. The number of esters is 1. The molecule has 2 aromatic carbocycles. The van der Waals surface area contributed by atoms with Crippen LogP contribution in [0.25, 0.3) is 0 Å². The van der Waals surface area contributed by atoms with E-state index in [0.29, 0.717) is 17.7 Å². The number of ketones is 1. The molecule has 0 N–H and O–H groups in total. The van der Waals surface area contributed by atoms with Gasteiger partial charge in [0.2, 0.25) is 5.78 Å². The lowest BCUT2D eigenvalue weighted by Gasteiger charge is -2.24. The summed E-state index contributed by atoms with van der Waals surface area (Å²) >= 11 is 0. The van der Waals surface area contributed by atoms with E-state index in [-0.39, 0.29) is 22.3 Å². The highest BCUT2D eigenvalue weighted by atomic mass is 32.2. The van der Waals surface area contributed by atoms with Crippen molar-refractivity contribution in [3.05, 3.63) is 82.7 Å². The molecule has 184 valence electrons. The van der Waals surface area contributed by atoms with Crippen LogP contribution in [-0.2, 0) is 27.7 Å². The Morgan fingerprint density at radius 1 is 1.06 bits per heavy atom. The number of sulfonamides is 1. The van der Waals surface area contributed by atoms with Crippen LogP contribution in [0.15, 0.2) is 59.5 Å². The number of anilines is 1. The van der Waals surface area contributed by atoms with Gasteiger partial charge < -0.3 is 9.30 Å². The molecule has 0 aliphatic carbocycles. The highest BCUT2D eigenvalue weighted by molar-refractivity contribution is 7.92. The number of carbonyl (C=O) groups excluding carboxylic acids is 2. The summed E-state index contributed by atoms with van der Waals surface area (Å²) in [6.07, 6.45) is 1.57. The molecule has 0 saturated heterocycles. The molecule has 8 heteroatoms. The lowest BCUT2D eigenvalue weighted by Crippen LogP contribution is -2.35. The number of carbonyl (C=O) groups is 2. The van der Waals surface area contributed by atoms with E-state index in [0.717, 1.165) is 29.9 Å². The van der Waals surface area contributed by atoms with E-state index in [1.165, 1.54) is 28.6 Å². The van der Waals surface area contributed by atoms with Crippen molar-refractivity contribution in [2.75, 3.05) is 10.9 Å². The molecule has 0 spiro atoms. The van der Waals surface area contributed by atoms with Gasteiger partial charge in [-0.2, -0.15) is 0 Å². The number of hydrogen-bond acceptors (Lipinski definition) is 5. The van der Waals surface area contributed by atoms with Gasteiger partial charge in [0, 0.05) is 29.5 Å². The molecule has 7 nitrogen and oxygen atoms in total. The third-order valence-corrected chi connectivity index (χ3v) is 8.35. The van der Waals surface area contributed by atoms with Crippen molar-refractivity contribution in [2.45, 2.75) is 58.0 Å². The lowest BCUT2D eigenvalue weighted by molar-refractivity contribution is 0.0474. The number of Topliss-reactive ketones (excluding diaryl/α,β-unsaturated/α-hetero) is 1. The summed E-state index contributed by atoms with van der Waals surface area (Å²) in [5.74, 6) is -1.03. The van der Waals surface area contributed by atoms with Crippen LogP contribution in [0, 0.1) is 13.8 Å². The van der Waals surface area contributed by atoms with Gasteiger partial charge in [-0.05, 0) is 69.5 Å². The van der Waals surface area contributed by atoms with Crippen molar-refractivity contribution in [2.24, 2.45) is 0 Å². The number of aromatic nitrogens is 1. The fraction of sp³-hybridized carbons (Fsp3) is 0.333. The maximum absolute atomic E-state index is 13.5. The summed E-state index contributed by atoms with van der Waals surface area (Å²) in [4.78, 5) is 25.5. The molecule has 0 amide bonds. The van der Waals surface area contributed by atoms with Gasteiger partial charge in [-0.1, -0.05) is 31.2 Å². The molecule has 35 heavy (non-hydrogen) atoms. The van der Waals surface area contributed by atoms with E-state index < -0.39 is 22.6 Å². The smallest absolute Gasteiger partial charge is 0.338 e. The number of rotatable bonds is 8. The van der Waals surface area contributed by atoms with Gasteiger partial charge in [0.15, 0.2) is 6.61 Å². The first kappa shape index (κ1) is 24.7. The predicted octanol–water partition coefficient (Wildman–Crippen LogP) is 4.69.